The molecule has 0 aliphatic rings. The summed E-state index contributed by atoms with van der Waals surface area (Å²) in [5.74, 6) is 0. The minimum absolute atomic E-state index is 0.493. The second kappa shape index (κ2) is 4.64. The van der Waals surface area contributed by atoms with Crippen molar-refractivity contribution in [3.8, 4) is 0 Å². The van der Waals surface area contributed by atoms with Gasteiger partial charge in [0, 0.05) is 0 Å². The summed E-state index contributed by atoms with van der Waals surface area (Å²) in [6.07, 6.45) is 1.78. The van der Waals surface area contributed by atoms with Crippen LogP contribution in [-0.4, -0.2) is 20.3 Å². The molecule has 0 radical (unpaired) electrons. The molecule has 3 nitrogen and oxygen atoms in total. The van der Waals surface area contributed by atoms with Gasteiger partial charge in [0.1, 0.15) is 11.5 Å². The van der Waals surface area contributed by atoms with E-state index in [1.165, 1.54) is 0 Å². The molecule has 0 aromatic rings. The zero-order valence-electron chi connectivity index (χ0n) is 5.24. The minimum atomic E-state index is -1.97. The highest BCUT2D eigenvalue weighted by Crippen LogP contribution is 1.99. The average molecular weight is 150 g/mol. The number of rotatable bonds is 4. The topological polar surface area (TPSA) is 54.4 Å². The molecule has 2 atom stereocenters. The van der Waals surface area contributed by atoms with Crippen LogP contribution in [0.3, 0.4) is 0 Å². The third-order valence-corrected chi connectivity index (χ3v) is 1.85. The summed E-state index contributed by atoms with van der Waals surface area (Å²) < 4.78 is 18.6. The lowest BCUT2D eigenvalue weighted by atomic mass is 10.3. The molecule has 0 aliphatic carbocycles. The van der Waals surface area contributed by atoms with Crippen molar-refractivity contribution in [1.29, 1.82) is 0 Å². The average Bonchev–Trinajstić information content (AvgIpc) is 1.82. The Hall–Kier alpha value is -0.220. The van der Waals surface area contributed by atoms with Gasteiger partial charge in [0.2, 0.25) is 0 Å². The number of aldehydes is 1. The van der Waals surface area contributed by atoms with Crippen LogP contribution in [0.4, 0.5) is 0 Å². The zero-order chi connectivity index (χ0) is 7.28. The normalized spacial score (nSPS) is 16.7. The zero-order valence-corrected chi connectivity index (χ0v) is 6.06. The molecule has 0 aromatic carbocycles. The van der Waals surface area contributed by atoms with Gasteiger partial charge < -0.3 is 9.35 Å². The highest BCUT2D eigenvalue weighted by molar-refractivity contribution is 7.80. The maximum absolute atomic E-state index is 10.2. The highest BCUT2D eigenvalue weighted by atomic mass is 32.2. The first-order chi connectivity index (χ1) is 4.22. The molecule has 0 spiro atoms. The van der Waals surface area contributed by atoms with Gasteiger partial charge in [-0.1, -0.05) is 13.3 Å². The fourth-order valence-electron chi connectivity index (χ4n) is 0.501. The Morgan fingerprint density at radius 2 is 2.33 bits per heavy atom. The second-order valence-corrected chi connectivity index (χ2v) is 2.90. The number of hydrogen-bond acceptors (Lipinski definition) is 2. The Bertz CT molecular complexity index is 113. The molecule has 0 amide bonds. The molecular formula is C5H10O3S. The molecule has 54 valence electrons. The summed E-state index contributed by atoms with van der Waals surface area (Å²) in [4.78, 5) is 9.98. The van der Waals surface area contributed by atoms with Crippen molar-refractivity contribution in [3.63, 3.8) is 0 Å². The quantitative estimate of drug-likeness (QED) is 0.471. The standard InChI is InChI=1S/C5H10O3S/c1-2-3-5(4-6)9(7)8/h4-5H,2-3H2,1H3,(H,7,8). The Labute approximate surface area is 56.7 Å². The van der Waals surface area contributed by atoms with Gasteiger partial charge >= 0.3 is 0 Å². The van der Waals surface area contributed by atoms with Gasteiger partial charge in [0.25, 0.3) is 0 Å². The van der Waals surface area contributed by atoms with Gasteiger partial charge in [0.15, 0.2) is 11.1 Å². The van der Waals surface area contributed by atoms with Gasteiger partial charge in [-0.05, 0) is 6.42 Å². The molecule has 0 heterocycles. The van der Waals surface area contributed by atoms with E-state index in [1.807, 2.05) is 6.92 Å². The fraction of sp³-hybridized carbons (Fsp3) is 0.800. The summed E-state index contributed by atoms with van der Waals surface area (Å²) >= 11 is -1.97. The van der Waals surface area contributed by atoms with Crippen molar-refractivity contribution >= 4 is 17.4 Å². The third kappa shape index (κ3) is 3.37. The Morgan fingerprint density at radius 3 is 2.44 bits per heavy atom. The van der Waals surface area contributed by atoms with Crippen LogP contribution < -0.4 is 0 Å². The van der Waals surface area contributed by atoms with Crippen LogP contribution >= 0.6 is 0 Å². The lowest BCUT2D eigenvalue weighted by molar-refractivity contribution is -0.107. The lowest BCUT2D eigenvalue weighted by Crippen LogP contribution is -2.15. The number of hydrogen-bond donors (Lipinski definition) is 1. The van der Waals surface area contributed by atoms with Crippen molar-refractivity contribution in [2.24, 2.45) is 0 Å². The fourth-order valence-corrected chi connectivity index (χ4v) is 1.03. The maximum Gasteiger partial charge on any atom is 0.163 e. The molecule has 0 fully saturated rings. The van der Waals surface area contributed by atoms with E-state index >= 15 is 0 Å². The summed E-state index contributed by atoms with van der Waals surface area (Å²) in [7, 11) is 0. The van der Waals surface area contributed by atoms with Gasteiger partial charge in [-0.2, -0.15) is 0 Å². The molecule has 2 unspecified atom stereocenters. The van der Waals surface area contributed by atoms with Crippen LogP contribution in [0.15, 0.2) is 0 Å². The van der Waals surface area contributed by atoms with E-state index < -0.39 is 16.3 Å². The second-order valence-electron chi connectivity index (χ2n) is 1.74. The van der Waals surface area contributed by atoms with Crippen LogP contribution in [-0.2, 0) is 15.9 Å². The molecule has 1 N–H and O–H groups in total. The van der Waals surface area contributed by atoms with Crippen molar-refractivity contribution in [1.82, 2.24) is 0 Å². The molecule has 9 heavy (non-hydrogen) atoms. The number of carbonyl (C=O) groups is 1. The van der Waals surface area contributed by atoms with Crippen molar-refractivity contribution in [3.05, 3.63) is 0 Å². The molecule has 0 rings (SSSR count). The first-order valence-corrected chi connectivity index (χ1v) is 3.94. The first-order valence-electron chi connectivity index (χ1n) is 2.77. The van der Waals surface area contributed by atoms with E-state index in [9.17, 15) is 9.00 Å². The van der Waals surface area contributed by atoms with Gasteiger partial charge in [0.05, 0.1) is 0 Å². The largest absolute Gasteiger partial charge is 0.306 e. The van der Waals surface area contributed by atoms with E-state index in [2.05, 4.69) is 0 Å². The van der Waals surface area contributed by atoms with Crippen molar-refractivity contribution in [2.45, 2.75) is 25.0 Å². The van der Waals surface area contributed by atoms with Crippen LogP contribution in [0, 0.1) is 0 Å². The van der Waals surface area contributed by atoms with E-state index in [0.717, 1.165) is 6.42 Å². The van der Waals surface area contributed by atoms with Gasteiger partial charge in [-0.3, -0.25) is 0 Å². The maximum atomic E-state index is 10.2. The molecular weight excluding hydrogens is 140 g/mol. The Morgan fingerprint density at radius 1 is 1.78 bits per heavy atom. The summed E-state index contributed by atoms with van der Waals surface area (Å²) in [6, 6.07) is 0. The van der Waals surface area contributed by atoms with E-state index in [0.29, 0.717) is 12.7 Å². The van der Waals surface area contributed by atoms with Crippen molar-refractivity contribution in [2.75, 3.05) is 0 Å². The monoisotopic (exact) mass is 150 g/mol. The third-order valence-electron chi connectivity index (χ3n) is 0.984. The molecule has 0 saturated heterocycles. The predicted octanol–water partition coefficient (Wildman–Crippen LogP) is 0.576. The van der Waals surface area contributed by atoms with E-state index in [4.69, 9.17) is 4.55 Å². The summed E-state index contributed by atoms with van der Waals surface area (Å²) in [5, 5.41) is -0.685. The van der Waals surface area contributed by atoms with Gasteiger partial charge in [-0.15, -0.1) is 0 Å². The Kier molecular flexibility index (Phi) is 4.53. The molecule has 0 aliphatic heterocycles. The van der Waals surface area contributed by atoms with Crippen molar-refractivity contribution < 1.29 is 13.6 Å². The van der Waals surface area contributed by atoms with Crippen LogP contribution in [0.2, 0.25) is 0 Å². The van der Waals surface area contributed by atoms with Gasteiger partial charge in [-0.25, -0.2) is 4.21 Å². The molecule has 0 bridgehead atoms. The summed E-state index contributed by atoms with van der Waals surface area (Å²) in [6.45, 7) is 1.86. The molecule has 4 heteroatoms. The van der Waals surface area contributed by atoms with E-state index in [1.54, 1.807) is 0 Å². The minimum Gasteiger partial charge on any atom is -0.306 e. The Balaban J connectivity index is 3.68. The predicted molar refractivity (Wildman–Crippen MR) is 35.5 cm³/mol. The van der Waals surface area contributed by atoms with Crippen LogP contribution in [0.1, 0.15) is 19.8 Å². The lowest BCUT2D eigenvalue weighted by Gasteiger charge is -2.00. The highest BCUT2D eigenvalue weighted by Gasteiger charge is 2.10. The molecule has 0 aromatic heterocycles. The SMILES string of the molecule is CCCC(C=O)S(=O)O. The van der Waals surface area contributed by atoms with Crippen LogP contribution in [0.5, 0.6) is 0 Å². The first kappa shape index (κ1) is 8.78. The molecule has 0 saturated carbocycles. The number of carbonyl (C=O) groups excluding carboxylic acids is 1. The van der Waals surface area contributed by atoms with Crippen LogP contribution in [0.25, 0.3) is 0 Å². The summed E-state index contributed by atoms with van der Waals surface area (Å²) in [5.41, 5.74) is 0. The smallest absolute Gasteiger partial charge is 0.163 e. The van der Waals surface area contributed by atoms with E-state index in [-0.39, 0.29) is 0 Å².